The van der Waals surface area contributed by atoms with E-state index < -0.39 is 25.0 Å². The molecular weight excluding hydrogens is 935 g/mol. The maximum absolute atomic E-state index is 14.4. The lowest BCUT2D eigenvalue weighted by Gasteiger charge is -2.22. The zero-order valence-corrected chi connectivity index (χ0v) is 45.4. The first-order chi connectivity index (χ1) is 33.0. The van der Waals surface area contributed by atoms with Crippen LogP contribution < -0.4 is 26.0 Å². The van der Waals surface area contributed by atoms with Crippen LogP contribution in [0, 0.1) is 52.4 Å². The molecule has 4 aromatic carbocycles. The number of rotatable bonds is 16. The molecule has 0 bridgehead atoms. The van der Waals surface area contributed by atoms with Crippen LogP contribution in [0.25, 0.3) is 33.4 Å². The van der Waals surface area contributed by atoms with E-state index in [1.54, 1.807) is 37.3 Å². The minimum Gasteiger partial charge on any atom is -0.456 e. The molecule has 1 aliphatic heterocycles. The Kier molecular flexibility index (Phi) is 16.2. The molecule has 0 fully saturated rings. The van der Waals surface area contributed by atoms with E-state index in [0.29, 0.717) is 63.3 Å². The Labute approximate surface area is 420 Å². The number of benzene rings is 5. The lowest BCUT2D eigenvalue weighted by atomic mass is 9.91. The van der Waals surface area contributed by atoms with Gasteiger partial charge in [-0.3, -0.25) is 14.1 Å². The summed E-state index contributed by atoms with van der Waals surface area (Å²) in [5.41, 5.74) is 8.45. The van der Waals surface area contributed by atoms with Gasteiger partial charge in [-0.2, -0.15) is 8.42 Å². The highest BCUT2D eigenvalue weighted by atomic mass is 32.2. The molecule has 0 spiro atoms. The van der Waals surface area contributed by atoms with Crippen LogP contribution in [-0.4, -0.2) is 39.2 Å². The highest BCUT2D eigenvalue weighted by Gasteiger charge is 2.29. The molecule has 0 saturated heterocycles. The Hall–Kier alpha value is -5.87. The number of anilines is 4. The van der Waals surface area contributed by atoms with Crippen LogP contribution in [0.2, 0.25) is 0 Å². The van der Waals surface area contributed by atoms with Crippen LogP contribution in [0.1, 0.15) is 127 Å². The van der Waals surface area contributed by atoms with Crippen molar-refractivity contribution in [3.05, 3.63) is 105 Å². The van der Waals surface area contributed by atoms with Crippen LogP contribution in [0.15, 0.2) is 85.9 Å². The number of hydrogen-bond donors (Lipinski definition) is 5. The molecule has 380 valence electrons. The molecule has 1 unspecified atom stereocenters. The number of carbonyl (C=O) groups is 2. The van der Waals surface area contributed by atoms with Crippen molar-refractivity contribution in [1.82, 2.24) is 4.72 Å². The number of unbranched alkanes of at least 4 members (excludes halogenated alkanes) is 2. The molecule has 15 heteroatoms. The minimum absolute atomic E-state index is 0.0283. The number of aryl methyl sites for hydroxylation is 4. The molecule has 2 aliphatic rings. The van der Waals surface area contributed by atoms with Crippen LogP contribution in [0.3, 0.4) is 0 Å². The average molecular weight is 1010 g/mol. The van der Waals surface area contributed by atoms with E-state index in [4.69, 9.17) is 9.41 Å². The van der Waals surface area contributed by atoms with Gasteiger partial charge in [0.15, 0.2) is 0 Å². The summed E-state index contributed by atoms with van der Waals surface area (Å²) in [5.74, 6) is -0.129. The van der Waals surface area contributed by atoms with Crippen molar-refractivity contribution in [3.63, 3.8) is 0 Å². The normalized spacial score (nSPS) is 13.2. The fraction of sp³-hybridized carbons (Fsp3) is 0.411. The Balaban J connectivity index is 1.63. The quantitative estimate of drug-likeness (QED) is 0.0356. The molecule has 0 aromatic heterocycles. The highest BCUT2D eigenvalue weighted by Crippen LogP contribution is 2.45. The van der Waals surface area contributed by atoms with E-state index in [0.717, 1.165) is 47.2 Å². The SMILES string of the molecule is CCCCCC(C)NS(=O)(=O)c1ccccc1-c1c2cc(S(=O)(=O)O)/c(=N/c3c(C)cc(C)c(NC(=O)CC(C)(C)C)c3C)cc-2oc2cc(Nc3c(C)cc(C)c(NC(=O)CC(C)(C)C)c3C)ccc12. The second-order valence-corrected chi connectivity index (χ2v) is 24.6. The van der Waals surface area contributed by atoms with E-state index in [2.05, 4.69) is 27.6 Å². The maximum atomic E-state index is 14.4. The third-order valence-corrected chi connectivity index (χ3v) is 15.0. The summed E-state index contributed by atoms with van der Waals surface area (Å²) in [6.45, 7) is 27.3. The number of carbonyl (C=O) groups excluding carboxylic acids is 2. The molecule has 1 aliphatic carbocycles. The van der Waals surface area contributed by atoms with Crippen LogP contribution >= 0.6 is 0 Å². The van der Waals surface area contributed by atoms with Crippen molar-refractivity contribution in [2.24, 2.45) is 15.8 Å². The number of nitrogens with one attached hydrogen (secondary N) is 4. The van der Waals surface area contributed by atoms with E-state index >= 15 is 0 Å². The summed E-state index contributed by atoms with van der Waals surface area (Å²) < 4.78 is 76.5. The fourth-order valence-corrected chi connectivity index (χ4v) is 11.4. The molecule has 71 heavy (non-hydrogen) atoms. The number of amides is 2. The van der Waals surface area contributed by atoms with Gasteiger partial charge in [-0.1, -0.05) is 98.1 Å². The third-order valence-electron chi connectivity index (χ3n) is 12.4. The van der Waals surface area contributed by atoms with Crippen molar-refractivity contribution < 1.29 is 35.4 Å². The van der Waals surface area contributed by atoms with Crippen molar-refractivity contribution in [2.45, 2.75) is 151 Å². The second-order valence-electron chi connectivity index (χ2n) is 21.5. The smallest absolute Gasteiger partial charge is 0.296 e. The Morgan fingerprint density at radius 1 is 0.690 bits per heavy atom. The molecule has 1 atom stereocenters. The van der Waals surface area contributed by atoms with Crippen molar-refractivity contribution in [2.75, 3.05) is 16.0 Å². The summed E-state index contributed by atoms with van der Waals surface area (Å²) in [6.07, 6.45) is 4.04. The lowest BCUT2D eigenvalue weighted by molar-refractivity contribution is -0.118. The molecule has 0 radical (unpaired) electrons. The summed E-state index contributed by atoms with van der Waals surface area (Å²) in [7, 11) is -9.15. The maximum Gasteiger partial charge on any atom is 0.296 e. The van der Waals surface area contributed by atoms with Gasteiger partial charge in [-0.05, 0) is 123 Å². The number of fused-ring (bicyclic) bond motifs is 2. The average Bonchev–Trinajstić information content (AvgIpc) is 3.24. The Bertz CT molecular complexity index is 3310. The topological polar surface area (TPSA) is 196 Å². The van der Waals surface area contributed by atoms with Crippen molar-refractivity contribution >= 4 is 71.4 Å². The number of hydrogen-bond acceptors (Lipinski definition) is 9. The standard InChI is InChI=1S/C56H71N5O8S2/c1-15-16-17-20-36(6)61-70(64,65)46-22-19-18-21-41(46)50-40-24-23-39(57-51-32(2)25-34(4)53(37(51)7)59-48(62)30-55(9,10)11)27-44(40)69-45-29-43(47(28-42(45)50)71(66,67)68)58-52-33(3)26-35(5)54(38(52)8)60-49(63)31-56(12,13)14/h18-19,21-29,36,57,61H,15-17,20,30-31H2,1-14H3,(H,59,62)(H,60,63)(H,66,67,68)/b58-43+. The van der Waals surface area contributed by atoms with Gasteiger partial charge in [-0.25, -0.2) is 18.1 Å². The van der Waals surface area contributed by atoms with E-state index in [-0.39, 0.29) is 62.2 Å². The van der Waals surface area contributed by atoms with E-state index in [1.807, 2.05) is 101 Å². The Morgan fingerprint density at radius 3 is 1.86 bits per heavy atom. The summed E-state index contributed by atoms with van der Waals surface area (Å²) in [5, 5.41) is 10.0. The van der Waals surface area contributed by atoms with E-state index in [1.165, 1.54) is 18.2 Å². The molecule has 1 heterocycles. The summed E-state index contributed by atoms with van der Waals surface area (Å²) >= 11 is 0. The molecule has 2 amide bonds. The summed E-state index contributed by atoms with van der Waals surface area (Å²) in [6, 6.07) is 18.1. The predicted molar refractivity (Wildman–Crippen MR) is 287 cm³/mol. The van der Waals surface area contributed by atoms with Gasteiger partial charge < -0.3 is 20.4 Å². The molecule has 4 aromatic rings. The molecular formula is C56H71N5O8S2. The van der Waals surface area contributed by atoms with Gasteiger partial charge in [0, 0.05) is 75.8 Å². The Morgan fingerprint density at radius 2 is 1.27 bits per heavy atom. The highest BCUT2D eigenvalue weighted by molar-refractivity contribution is 7.89. The van der Waals surface area contributed by atoms with Gasteiger partial charge >= 0.3 is 0 Å². The summed E-state index contributed by atoms with van der Waals surface area (Å²) in [4.78, 5) is 30.7. The molecule has 13 nitrogen and oxygen atoms in total. The van der Waals surface area contributed by atoms with Crippen LogP contribution in [0.4, 0.5) is 28.4 Å². The molecule has 5 N–H and O–H groups in total. The zero-order valence-electron chi connectivity index (χ0n) is 43.7. The first kappa shape index (κ1) is 54.5. The van der Waals surface area contributed by atoms with Crippen molar-refractivity contribution in [3.8, 4) is 22.5 Å². The minimum atomic E-state index is -4.99. The molecule has 0 saturated carbocycles. The van der Waals surface area contributed by atoms with Gasteiger partial charge in [0.25, 0.3) is 10.1 Å². The lowest BCUT2D eigenvalue weighted by Crippen LogP contribution is -2.32. The largest absolute Gasteiger partial charge is 0.456 e. The van der Waals surface area contributed by atoms with E-state index in [9.17, 15) is 31.0 Å². The second kappa shape index (κ2) is 21.1. The van der Waals surface area contributed by atoms with Crippen LogP contribution in [0.5, 0.6) is 0 Å². The first-order valence-corrected chi connectivity index (χ1v) is 27.2. The number of sulfonamides is 1. The van der Waals surface area contributed by atoms with Gasteiger partial charge in [-0.15, -0.1) is 0 Å². The molecule has 6 rings (SSSR count). The third kappa shape index (κ3) is 13.0. The van der Waals surface area contributed by atoms with Crippen molar-refractivity contribution in [1.29, 1.82) is 0 Å². The monoisotopic (exact) mass is 1010 g/mol. The first-order valence-electron chi connectivity index (χ1n) is 24.2. The number of nitrogens with zero attached hydrogens (tertiary/aromatic N) is 1. The van der Waals surface area contributed by atoms with Gasteiger partial charge in [0.1, 0.15) is 16.2 Å². The van der Waals surface area contributed by atoms with Crippen LogP contribution in [-0.2, 0) is 29.7 Å². The van der Waals surface area contributed by atoms with Gasteiger partial charge in [0.05, 0.1) is 15.9 Å². The van der Waals surface area contributed by atoms with Gasteiger partial charge in [0.2, 0.25) is 21.8 Å². The zero-order chi connectivity index (χ0) is 52.5. The predicted octanol–water partition coefficient (Wildman–Crippen LogP) is 13.3. The fourth-order valence-electron chi connectivity index (χ4n) is 9.27.